The summed E-state index contributed by atoms with van der Waals surface area (Å²) in [6.07, 6.45) is 1.93. The van der Waals surface area contributed by atoms with Gasteiger partial charge in [-0.1, -0.05) is 34.8 Å². The van der Waals surface area contributed by atoms with Crippen molar-refractivity contribution in [2.75, 3.05) is 0 Å². The number of hydrogen-bond donors (Lipinski definition) is 0. The van der Waals surface area contributed by atoms with Gasteiger partial charge in [-0.25, -0.2) is 0 Å². The molecule has 4 heteroatoms. The first-order valence-electron chi connectivity index (χ1n) is 6.58. The molecule has 2 nitrogen and oxygen atoms in total. The summed E-state index contributed by atoms with van der Waals surface area (Å²) in [7, 11) is 0. The molecule has 21 heavy (non-hydrogen) atoms. The SMILES string of the molecule is Cc1ccc2c(ccn2CC(=O)c2ccc(Cl)c(Cl)c2)c1. The second-order valence-corrected chi connectivity index (χ2v) is 5.87. The first-order chi connectivity index (χ1) is 10.0. The summed E-state index contributed by atoms with van der Waals surface area (Å²) in [5.74, 6) is 0.00615. The molecule has 106 valence electrons. The van der Waals surface area contributed by atoms with Crippen molar-refractivity contribution in [3.63, 3.8) is 0 Å². The van der Waals surface area contributed by atoms with E-state index < -0.39 is 0 Å². The van der Waals surface area contributed by atoms with E-state index in [4.69, 9.17) is 23.2 Å². The van der Waals surface area contributed by atoms with Crippen LogP contribution in [-0.4, -0.2) is 10.4 Å². The number of nitrogens with zero attached hydrogens (tertiary/aromatic N) is 1. The summed E-state index contributed by atoms with van der Waals surface area (Å²) < 4.78 is 1.94. The average molecular weight is 318 g/mol. The lowest BCUT2D eigenvalue weighted by Gasteiger charge is -2.06. The van der Waals surface area contributed by atoms with Gasteiger partial charge in [-0.05, 0) is 48.7 Å². The molecule has 2 aromatic carbocycles. The van der Waals surface area contributed by atoms with Crippen LogP contribution in [0.3, 0.4) is 0 Å². The van der Waals surface area contributed by atoms with Crippen LogP contribution in [0, 0.1) is 6.92 Å². The summed E-state index contributed by atoms with van der Waals surface area (Å²) in [4.78, 5) is 12.4. The van der Waals surface area contributed by atoms with Gasteiger partial charge in [-0.2, -0.15) is 0 Å². The molecule has 3 aromatic rings. The largest absolute Gasteiger partial charge is 0.340 e. The molecule has 0 aliphatic heterocycles. The molecule has 3 rings (SSSR count). The van der Waals surface area contributed by atoms with E-state index in [0.717, 1.165) is 10.9 Å². The van der Waals surface area contributed by atoms with Crippen LogP contribution in [0.25, 0.3) is 10.9 Å². The van der Waals surface area contributed by atoms with Crippen molar-refractivity contribution in [1.82, 2.24) is 4.57 Å². The molecule has 0 saturated heterocycles. The first-order valence-corrected chi connectivity index (χ1v) is 7.34. The highest BCUT2D eigenvalue weighted by Crippen LogP contribution is 2.23. The number of aromatic nitrogens is 1. The lowest BCUT2D eigenvalue weighted by molar-refractivity contribution is 0.0973. The van der Waals surface area contributed by atoms with Gasteiger partial charge in [0, 0.05) is 17.3 Å². The van der Waals surface area contributed by atoms with Crippen molar-refractivity contribution >= 4 is 39.9 Å². The zero-order valence-electron chi connectivity index (χ0n) is 11.4. The third-order valence-electron chi connectivity index (χ3n) is 3.48. The zero-order valence-corrected chi connectivity index (χ0v) is 12.9. The Balaban J connectivity index is 1.91. The van der Waals surface area contributed by atoms with Gasteiger partial charge in [0.25, 0.3) is 0 Å². The number of hydrogen-bond acceptors (Lipinski definition) is 1. The Hall–Kier alpha value is -1.77. The summed E-state index contributed by atoms with van der Waals surface area (Å²) in [5.41, 5.74) is 2.82. The van der Waals surface area contributed by atoms with Gasteiger partial charge in [-0.15, -0.1) is 0 Å². The van der Waals surface area contributed by atoms with E-state index in [-0.39, 0.29) is 12.3 Å². The average Bonchev–Trinajstić information content (AvgIpc) is 2.84. The van der Waals surface area contributed by atoms with Crippen LogP contribution < -0.4 is 0 Å². The van der Waals surface area contributed by atoms with Gasteiger partial charge < -0.3 is 4.57 Å². The number of benzene rings is 2. The normalized spacial score (nSPS) is 11.0. The van der Waals surface area contributed by atoms with Crippen molar-refractivity contribution in [2.24, 2.45) is 0 Å². The van der Waals surface area contributed by atoms with Gasteiger partial charge in [-0.3, -0.25) is 4.79 Å². The van der Waals surface area contributed by atoms with Gasteiger partial charge in [0.15, 0.2) is 5.78 Å². The predicted molar refractivity (Wildman–Crippen MR) is 87.5 cm³/mol. The van der Waals surface area contributed by atoms with E-state index in [1.165, 1.54) is 5.56 Å². The van der Waals surface area contributed by atoms with Crippen LogP contribution in [0.5, 0.6) is 0 Å². The highest BCUT2D eigenvalue weighted by atomic mass is 35.5. The number of rotatable bonds is 3. The Morgan fingerprint density at radius 1 is 1.05 bits per heavy atom. The van der Waals surface area contributed by atoms with Crippen LogP contribution >= 0.6 is 23.2 Å². The van der Waals surface area contributed by atoms with E-state index in [1.807, 2.05) is 29.0 Å². The summed E-state index contributed by atoms with van der Waals surface area (Å²) in [6.45, 7) is 2.34. The first kappa shape index (κ1) is 14.2. The molecule has 0 fully saturated rings. The van der Waals surface area contributed by atoms with Crippen molar-refractivity contribution in [3.05, 3.63) is 69.8 Å². The Kier molecular flexibility index (Phi) is 3.75. The summed E-state index contributed by atoms with van der Waals surface area (Å²) in [5, 5.41) is 1.99. The zero-order chi connectivity index (χ0) is 15.0. The van der Waals surface area contributed by atoms with Crippen molar-refractivity contribution in [3.8, 4) is 0 Å². The highest BCUT2D eigenvalue weighted by Gasteiger charge is 2.10. The number of carbonyl (C=O) groups is 1. The summed E-state index contributed by atoms with van der Waals surface area (Å²) in [6, 6.07) is 13.2. The van der Waals surface area contributed by atoms with Gasteiger partial charge >= 0.3 is 0 Å². The fourth-order valence-electron chi connectivity index (χ4n) is 2.37. The second kappa shape index (κ2) is 5.55. The standard InChI is InChI=1S/C17H13Cl2NO/c1-11-2-5-16-12(8-11)6-7-20(16)10-17(21)13-3-4-14(18)15(19)9-13/h2-9H,10H2,1H3. The number of carbonyl (C=O) groups excluding carboxylic acids is 1. The van der Waals surface area contributed by atoms with E-state index in [0.29, 0.717) is 15.6 Å². The van der Waals surface area contributed by atoms with Gasteiger partial charge in [0.1, 0.15) is 0 Å². The van der Waals surface area contributed by atoms with Crippen molar-refractivity contribution in [2.45, 2.75) is 13.5 Å². The minimum Gasteiger partial charge on any atom is -0.340 e. The fraction of sp³-hybridized carbons (Fsp3) is 0.118. The van der Waals surface area contributed by atoms with Crippen LogP contribution in [0.4, 0.5) is 0 Å². The summed E-state index contributed by atoms with van der Waals surface area (Å²) >= 11 is 11.8. The topological polar surface area (TPSA) is 22.0 Å². The van der Waals surface area contributed by atoms with E-state index in [9.17, 15) is 4.79 Å². The molecule has 0 saturated carbocycles. The smallest absolute Gasteiger partial charge is 0.182 e. The quantitative estimate of drug-likeness (QED) is 0.613. The number of ketones is 1. The number of halogens is 2. The van der Waals surface area contributed by atoms with Crippen molar-refractivity contribution in [1.29, 1.82) is 0 Å². The molecule has 0 unspecified atom stereocenters. The molecule has 1 heterocycles. The lowest BCUT2D eigenvalue weighted by atomic mass is 10.1. The molecular weight excluding hydrogens is 305 g/mol. The van der Waals surface area contributed by atoms with Crippen LogP contribution in [0.15, 0.2) is 48.7 Å². The number of aryl methyl sites for hydroxylation is 1. The minimum absolute atomic E-state index is 0.00615. The molecule has 0 aliphatic rings. The fourth-order valence-corrected chi connectivity index (χ4v) is 2.67. The Morgan fingerprint density at radius 2 is 1.86 bits per heavy atom. The van der Waals surface area contributed by atoms with E-state index >= 15 is 0 Å². The molecular formula is C17H13Cl2NO. The molecule has 0 spiro atoms. The van der Waals surface area contributed by atoms with Crippen molar-refractivity contribution < 1.29 is 4.79 Å². The maximum absolute atomic E-state index is 12.4. The van der Waals surface area contributed by atoms with Gasteiger partial charge in [0.2, 0.25) is 0 Å². The predicted octanol–water partition coefficient (Wildman–Crippen LogP) is 5.14. The second-order valence-electron chi connectivity index (χ2n) is 5.06. The third-order valence-corrected chi connectivity index (χ3v) is 4.22. The molecule has 0 atom stereocenters. The highest BCUT2D eigenvalue weighted by molar-refractivity contribution is 6.42. The molecule has 0 aliphatic carbocycles. The molecule has 0 bridgehead atoms. The Labute approximate surface area is 132 Å². The van der Waals surface area contributed by atoms with Crippen LogP contribution in [0.1, 0.15) is 15.9 Å². The van der Waals surface area contributed by atoms with Gasteiger partial charge in [0.05, 0.1) is 16.6 Å². The Morgan fingerprint density at radius 3 is 2.62 bits per heavy atom. The lowest BCUT2D eigenvalue weighted by Crippen LogP contribution is -2.09. The number of fused-ring (bicyclic) bond motifs is 1. The van der Waals surface area contributed by atoms with E-state index in [2.05, 4.69) is 13.0 Å². The molecule has 0 N–H and O–H groups in total. The minimum atomic E-state index is 0.00615. The van der Waals surface area contributed by atoms with Crippen LogP contribution in [0.2, 0.25) is 10.0 Å². The maximum Gasteiger partial charge on any atom is 0.182 e. The maximum atomic E-state index is 12.4. The molecule has 1 aromatic heterocycles. The molecule has 0 amide bonds. The number of Topliss-reactive ketones (excluding diaryl/α,β-unsaturated/α-hetero) is 1. The van der Waals surface area contributed by atoms with E-state index in [1.54, 1.807) is 18.2 Å². The molecule has 0 radical (unpaired) electrons. The third kappa shape index (κ3) is 2.82. The Bertz CT molecular complexity index is 836. The monoisotopic (exact) mass is 317 g/mol. The van der Waals surface area contributed by atoms with Crippen LogP contribution in [-0.2, 0) is 6.54 Å².